The molecule has 1 heterocycles. The molecular weight excluding hydrogens is 280 g/mol. The van der Waals surface area contributed by atoms with Crippen molar-refractivity contribution < 1.29 is 4.90 Å². The molecule has 0 unspecified atom stereocenters. The molecule has 0 amide bonds. The minimum Gasteiger partial charge on any atom is -0.360 e. The zero-order valence-corrected chi connectivity index (χ0v) is 14.7. The number of anilines is 1. The van der Waals surface area contributed by atoms with E-state index in [1.807, 2.05) is 0 Å². The Hall–Kier alpha value is -1.80. The van der Waals surface area contributed by atoms with Gasteiger partial charge in [-0.05, 0) is 30.5 Å². The number of quaternary nitrogens is 1. The van der Waals surface area contributed by atoms with Crippen LogP contribution < -0.4 is 9.80 Å². The molecule has 0 aromatic heterocycles. The third-order valence-electron chi connectivity index (χ3n) is 4.97. The number of nitrogens with one attached hydrogen (secondary N) is 1. The summed E-state index contributed by atoms with van der Waals surface area (Å²) in [5.74, 6) is 0.620. The van der Waals surface area contributed by atoms with Gasteiger partial charge < -0.3 is 9.80 Å². The fraction of sp³-hybridized carbons (Fsp3) is 0.429. The second-order valence-electron chi connectivity index (χ2n) is 7.15. The summed E-state index contributed by atoms with van der Waals surface area (Å²) in [7, 11) is 0. The first-order chi connectivity index (χ1) is 11.1. The molecule has 122 valence electrons. The van der Waals surface area contributed by atoms with Gasteiger partial charge in [-0.15, -0.1) is 0 Å². The quantitative estimate of drug-likeness (QED) is 0.912. The summed E-state index contributed by atoms with van der Waals surface area (Å²) >= 11 is 0. The summed E-state index contributed by atoms with van der Waals surface area (Å²) in [5.41, 5.74) is 5.61. The van der Waals surface area contributed by atoms with Gasteiger partial charge in [-0.1, -0.05) is 55.8 Å². The van der Waals surface area contributed by atoms with Crippen molar-refractivity contribution in [3.05, 3.63) is 65.2 Å². The Morgan fingerprint density at radius 3 is 2.09 bits per heavy atom. The summed E-state index contributed by atoms with van der Waals surface area (Å²) in [4.78, 5) is 4.22. The number of benzene rings is 2. The minimum absolute atomic E-state index is 0.620. The molecule has 3 rings (SSSR count). The van der Waals surface area contributed by atoms with Crippen molar-refractivity contribution in [3.8, 4) is 0 Å². The van der Waals surface area contributed by atoms with Gasteiger partial charge in [0.25, 0.3) is 0 Å². The molecule has 2 heteroatoms. The Balaban J connectivity index is 1.53. The van der Waals surface area contributed by atoms with Crippen LogP contribution in [0.25, 0.3) is 0 Å². The Bertz CT molecular complexity index is 605. The molecule has 2 nitrogen and oxygen atoms in total. The van der Waals surface area contributed by atoms with Crippen LogP contribution in [0, 0.1) is 6.92 Å². The van der Waals surface area contributed by atoms with E-state index >= 15 is 0 Å². The number of rotatable bonds is 4. The lowest BCUT2D eigenvalue weighted by molar-refractivity contribution is -0.914. The molecule has 1 N–H and O–H groups in total. The van der Waals surface area contributed by atoms with Crippen molar-refractivity contribution >= 4 is 5.69 Å². The van der Waals surface area contributed by atoms with Crippen LogP contribution in [-0.2, 0) is 6.54 Å². The SMILES string of the molecule is Cc1ccc(N2CC[NH+](Cc3ccc(C(C)C)cc3)CC2)cc1. The minimum atomic E-state index is 0.620. The summed E-state index contributed by atoms with van der Waals surface area (Å²) in [6, 6.07) is 18.2. The molecule has 0 radical (unpaired) electrons. The lowest BCUT2D eigenvalue weighted by Gasteiger charge is -2.33. The largest absolute Gasteiger partial charge is 0.360 e. The van der Waals surface area contributed by atoms with Crippen LogP contribution >= 0.6 is 0 Å². The number of hydrogen-bond acceptors (Lipinski definition) is 1. The highest BCUT2D eigenvalue weighted by atomic mass is 15.3. The maximum atomic E-state index is 2.52. The molecule has 1 aliphatic rings. The Morgan fingerprint density at radius 2 is 1.52 bits per heavy atom. The number of aryl methyl sites for hydroxylation is 1. The first-order valence-corrected chi connectivity index (χ1v) is 8.86. The molecule has 2 aromatic rings. The Morgan fingerprint density at radius 1 is 0.913 bits per heavy atom. The van der Waals surface area contributed by atoms with E-state index in [-0.39, 0.29) is 0 Å². The van der Waals surface area contributed by atoms with Gasteiger partial charge in [0.15, 0.2) is 0 Å². The smallest absolute Gasteiger partial charge is 0.103 e. The maximum absolute atomic E-state index is 2.52. The van der Waals surface area contributed by atoms with E-state index in [9.17, 15) is 0 Å². The monoisotopic (exact) mass is 309 g/mol. The summed E-state index contributed by atoms with van der Waals surface area (Å²) in [6.07, 6.45) is 0. The van der Waals surface area contributed by atoms with Gasteiger partial charge in [-0.3, -0.25) is 0 Å². The highest BCUT2D eigenvalue weighted by molar-refractivity contribution is 5.47. The lowest BCUT2D eigenvalue weighted by atomic mass is 10.0. The molecule has 23 heavy (non-hydrogen) atoms. The fourth-order valence-electron chi connectivity index (χ4n) is 3.32. The molecule has 1 aliphatic heterocycles. The van der Waals surface area contributed by atoms with Gasteiger partial charge in [-0.25, -0.2) is 0 Å². The Labute approximate surface area is 140 Å². The van der Waals surface area contributed by atoms with Crippen LogP contribution in [0.1, 0.15) is 36.5 Å². The third kappa shape index (κ3) is 4.14. The molecule has 0 spiro atoms. The molecule has 0 bridgehead atoms. The first-order valence-electron chi connectivity index (χ1n) is 8.86. The van der Waals surface area contributed by atoms with Crippen molar-refractivity contribution in [2.75, 3.05) is 31.1 Å². The van der Waals surface area contributed by atoms with Crippen LogP contribution in [0.2, 0.25) is 0 Å². The average molecular weight is 309 g/mol. The maximum Gasteiger partial charge on any atom is 0.103 e. The predicted octanol–water partition coefficient (Wildman–Crippen LogP) is 3.02. The van der Waals surface area contributed by atoms with Crippen molar-refractivity contribution in [1.29, 1.82) is 0 Å². The molecule has 0 saturated carbocycles. The molecule has 0 aliphatic carbocycles. The van der Waals surface area contributed by atoms with Gasteiger partial charge in [0, 0.05) is 11.3 Å². The second-order valence-corrected chi connectivity index (χ2v) is 7.15. The van der Waals surface area contributed by atoms with Crippen molar-refractivity contribution in [3.63, 3.8) is 0 Å². The van der Waals surface area contributed by atoms with Crippen molar-refractivity contribution in [1.82, 2.24) is 0 Å². The van der Waals surface area contributed by atoms with Crippen LogP contribution in [-0.4, -0.2) is 26.2 Å². The van der Waals surface area contributed by atoms with Gasteiger partial charge in [0.05, 0.1) is 26.2 Å². The summed E-state index contributed by atoms with van der Waals surface area (Å²) < 4.78 is 0. The zero-order chi connectivity index (χ0) is 16.2. The number of piperazine rings is 1. The highest BCUT2D eigenvalue weighted by Gasteiger charge is 2.20. The van der Waals surface area contributed by atoms with Gasteiger partial charge in [0.2, 0.25) is 0 Å². The molecule has 0 atom stereocenters. The first kappa shape index (κ1) is 16.1. The fourth-order valence-corrected chi connectivity index (χ4v) is 3.32. The van der Waals surface area contributed by atoms with Crippen LogP contribution in [0.5, 0.6) is 0 Å². The average Bonchev–Trinajstić information content (AvgIpc) is 2.57. The zero-order valence-electron chi connectivity index (χ0n) is 14.7. The van der Waals surface area contributed by atoms with E-state index in [2.05, 4.69) is 74.2 Å². The van der Waals surface area contributed by atoms with Crippen molar-refractivity contribution in [2.45, 2.75) is 33.2 Å². The summed E-state index contributed by atoms with van der Waals surface area (Å²) in [6.45, 7) is 12.6. The standard InChI is InChI=1S/C21H28N2/c1-17(2)20-8-6-19(7-9-20)16-22-12-14-23(15-13-22)21-10-4-18(3)5-11-21/h4-11,17H,12-16H2,1-3H3/p+1. The molecule has 2 aromatic carbocycles. The highest BCUT2D eigenvalue weighted by Crippen LogP contribution is 2.16. The van der Waals surface area contributed by atoms with Crippen LogP contribution in [0.3, 0.4) is 0 Å². The van der Waals surface area contributed by atoms with Crippen molar-refractivity contribution in [2.24, 2.45) is 0 Å². The van der Waals surface area contributed by atoms with Gasteiger partial charge in [-0.2, -0.15) is 0 Å². The van der Waals surface area contributed by atoms with Gasteiger partial charge >= 0.3 is 0 Å². The lowest BCUT2D eigenvalue weighted by Crippen LogP contribution is -3.13. The third-order valence-corrected chi connectivity index (χ3v) is 4.97. The van der Waals surface area contributed by atoms with E-state index in [0.717, 1.165) is 19.6 Å². The Kier molecular flexibility index (Phi) is 5.02. The van der Waals surface area contributed by atoms with Crippen LogP contribution in [0.4, 0.5) is 5.69 Å². The van der Waals surface area contributed by atoms with E-state index in [1.54, 1.807) is 4.90 Å². The number of hydrogen-bond donors (Lipinski definition) is 1. The predicted molar refractivity (Wildman–Crippen MR) is 98.3 cm³/mol. The molecule has 1 saturated heterocycles. The molecular formula is C21H29N2+. The topological polar surface area (TPSA) is 7.68 Å². The van der Waals surface area contributed by atoms with E-state index in [0.29, 0.717) is 5.92 Å². The normalized spacial score (nSPS) is 16.1. The second kappa shape index (κ2) is 7.18. The van der Waals surface area contributed by atoms with Gasteiger partial charge in [0.1, 0.15) is 6.54 Å². The number of nitrogens with zero attached hydrogens (tertiary/aromatic N) is 1. The van der Waals surface area contributed by atoms with E-state index in [1.165, 1.54) is 35.5 Å². The molecule has 1 fully saturated rings. The van der Waals surface area contributed by atoms with E-state index < -0.39 is 0 Å². The van der Waals surface area contributed by atoms with Crippen LogP contribution in [0.15, 0.2) is 48.5 Å². The van der Waals surface area contributed by atoms with E-state index in [4.69, 9.17) is 0 Å². The summed E-state index contributed by atoms with van der Waals surface area (Å²) in [5, 5.41) is 0.